The molecule has 1 unspecified atom stereocenters. The van der Waals surface area contributed by atoms with E-state index in [1.807, 2.05) is 12.1 Å². The molecule has 0 amide bonds. The van der Waals surface area contributed by atoms with Crippen molar-refractivity contribution in [3.05, 3.63) is 35.6 Å². The van der Waals surface area contributed by atoms with Gasteiger partial charge in [0.05, 0.1) is 6.61 Å². The summed E-state index contributed by atoms with van der Waals surface area (Å²) < 4.78 is 19.5. The summed E-state index contributed by atoms with van der Waals surface area (Å²) in [7, 11) is 0. The molecule has 0 spiro atoms. The predicted molar refractivity (Wildman–Crippen MR) is 80.3 cm³/mol. The van der Waals surface area contributed by atoms with Crippen molar-refractivity contribution in [2.75, 3.05) is 26.3 Å². The zero-order valence-electron chi connectivity index (χ0n) is 12.4. The standard InChI is InChI=1S/C17H26FNO/c1-2-9-19-11-15(13-20-12-14-7-8-14)10-16-5-3-4-6-17(16)18/h3-6,14-15,19H,2,7-13H2,1H3. The predicted octanol–water partition coefficient (Wildman–Crippen LogP) is 3.41. The lowest BCUT2D eigenvalue weighted by atomic mass is 9.99. The number of hydrogen-bond acceptors (Lipinski definition) is 2. The van der Waals surface area contributed by atoms with Gasteiger partial charge in [-0.05, 0) is 55.7 Å². The first kappa shape index (κ1) is 15.5. The molecule has 1 aromatic rings. The Morgan fingerprint density at radius 2 is 2.15 bits per heavy atom. The van der Waals surface area contributed by atoms with E-state index in [9.17, 15) is 4.39 Å². The fourth-order valence-corrected chi connectivity index (χ4v) is 2.33. The minimum atomic E-state index is -0.102. The number of hydrogen-bond donors (Lipinski definition) is 1. The molecule has 1 saturated carbocycles. The van der Waals surface area contributed by atoms with Crippen LogP contribution in [-0.2, 0) is 11.2 Å². The van der Waals surface area contributed by atoms with E-state index >= 15 is 0 Å². The summed E-state index contributed by atoms with van der Waals surface area (Å²) in [6.07, 6.45) is 4.49. The molecule has 3 heteroatoms. The van der Waals surface area contributed by atoms with Crippen molar-refractivity contribution in [1.82, 2.24) is 5.32 Å². The number of ether oxygens (including phenoxy) is 1. The highest BCUT2D eigenvalue weighted by atomic mass is 19.1. The average Bonchev–Trinajstić information content (AvgIpc) is 3.25. The summed E-state index contributed by atoms with van der Waals surface area (Å²) in [6.45, 7) is 5.66. The first-order chi connectivity index (χ1) is 9.79. The lowest BCUT2D eigenvalue weighted by molar-refractivity contribution is 0.0905. The molecule has 1 aliphatic rings. The molecule has 0 bridgehead atoms. The van der Waals surface area contributed by atoms with Gasteiger partial charge in [-0.2, -0.15) is 0 Å². The number of benzene rings is 1. The SMILES string of the molecule is CCCNCC(COCC1CC1)Cc1ccccc1F. The molecule has 0 saturated heterocycles. The Morgan fingerprint density at radius 1 is 1.35 bits per heavy atom. The first-order valence-corrected chi connectivity index (χ1v) is 7.81. The van der Waals surface area contributed by atoms with Crippen molar-refractivity contribution < 1.29 is 9.13 Å². The Balaban J connectivity index is 1.81. The van der Waals surface area contributed by atoms with Crippen LogP contribution in [0.4, 0.5) is 4.39 Å². The molecule has 112 valence electrons. The first-order valence-electron chi connectivity index (χ1n) is 7.81. The monoisotopic (exact) mass is 279 g/mol. The van der Waals surface area contributed by atoms with Crippen molar-refractivity contribution in [2.45, 2.75) is 32.6 Å². The van der Waals surface area contributed by atoms with Crippen molar-refractivity contribution in [3.63, 3.8) is 0 Å². The summed E-state index contributed by atoms with van der Waals surface area (Å²) >= 11 is 0. The van der Waals surface area contributed by atoms with Crippen LogP contribution in [0, 0.1) is 17.7 Å². The fraction of sp³-hybridized carbons (Fsp3) is 0.647. The molecule has 1 atom stereocenters. The van der Waals surface area contributed by atoms with Crippen LogP contribution in [0.2, 0.25) is 0 Å². The minimum Gasteiger partial charge on any atom is -0.381 e. The van der Waals surface area contributed by atoms with Gasteiger partial charge < -0.3 is 10.1 Å². The van der Waals surface area contributed by atoms with Crippen LogP contribution in [0.1, 0.15) is 31.7 Å². The minimum absolute atomic E-state index is 0.102. The van der Waals surface area contributed by atoms with E-state index < -0.39 is 0 Å². The maximum Gasteiger partial charge on any atom is 0.126 e. The number of halogens is 1. The maximum absolute atomic E-state index is 13.7. The summed E-state index contributed by atoms with van der Waals surface area (Å²) in [5.41, 5.74) is 0.797. The normalized spacial score (nSPS) is 16.3. The third-order valence-electron chi connectivity index (χ3n) is 3.73. The maximum atomic E-state index is 13.7. The summed E-state index contributed by atoms with van der Waals surface area (Å²) in [5.74, 6) is 1.03. The Labute approximate surface area is 121 Å². The highest BCUT2D eigenvalue weighted by Gasteiger charge is 2.22. The molecule has 2 rings (SSSR count). The highest BCUT2D eigenvalue weighted by Crippen LogP contribution is 2.29. The van der Waals surface area contributed by atoms with Crippen LogP contribution in [0.15, 0.2) is 24.3 Å². The molecule has 1 N–H and O–H groups in total. The van der Waals surface area contributed by atoms with Gasteiger partial charge in [-0.1, -0.05) is 25.1 Å². The second-order valence-electron chi connectivity index (χ2n) is 5.85. The lowest BCUT2D eigenvalue weighted by Gasteiger charge is -2.18. The lowest BCUT2D eigenvalue weighted by Crippen LogP contribution is -2.28. The molecule has 2 nitrogen and oxygen atoms in total. The molecule has 0 radical (unpaired) electrons. The van der Waals surface area contributed by atoms with E-state index in [2.05, 4.69) is 12.2 Å². The Kier molecular flexibility index (Phi) is 6.48. The van der Waals surface area contributed by atoms with Crippen LogP contribution in [-0.4, -0.2) is 26.3 Å². The van der Waals surface area contributed by atoms with E-state index in [-0.39, 0.29) is 5.82 Å². The molecular weight excluding hydrogens is 253 g/mol. The van der Waals surface area contributed by atoms with Crippen LogP contribution in [0.25, 0.3) is 0 Å². The molecule has 0 aliphatic heterocycles. The smallest absolute Gasteiger partial charge is 0.126 e. The van der Waals surface area contributed by atoms with E-state index in [4.69, 9.17) is 4.74 Å². The molecule has 1 aromatic carbocycles. The quantitative estimate of drug-likeness (QED) is 0.663. The molecule has 1 aliphatic carbocycles. The van der Waals surface area contributed by atoms with Gasteiger partial charge in [-0.25, -0.2) is 4.39 Å². The Hall–Kier alpha value is -0.930. The zero-order chi connectivity index (χ0) is 14.2. The summed E-state index contributed by atoms with van der Waals surface area (Å²) in [5, 5.41) is 3.43. The molecule has 20 heavy (non-hydrogen) atoms. The van der Waals surface area contributed by atoms with E-state index in [0.29, 0.717) is 5.92 Å². The Morgan fingerprint density at radius 3 is 2.85 bits per heavy atom. The third kappa shape index (κ3) is 5.59. The van der Waals surface area contributed by atoms with E-state index in [0.717, 1.165) is 50.6 Å². The van der Waals surface area contributed by atoms with Gasteiger partial charge >= 0.3 is 0 Å². The molecule has 0 aromatic heterocycles. The Bertz CT molecular complexity index is 392. The second kappa shape index (κ2) is 8.38. The van der Waals surface area contributed by atoms with Crippen molar-refractivity contribution in [1.29, 1.82) is 0 Å². The van der Waals surface area contributed by atoms with E-state index in [1.54, 1.807) is 6.07 Å². The van der Waals surface area contributed by atoms with Crippen molar-refractivity contribution in [3.8, 4) is 0 Å². The van der Waals surface area contributed by atoms with Crippen LogP contribution in [0.5, 0.6) is 0 Å². The largest absolute Gasteiger partial charge is 0.381 e. The molecule has 1 fully saturated rings. The van der Waals surface area contributed by atoms with Crippen LogP contribution in [0.3, 0.4) is 0 Å². The topological polar surface area (TPSA) is 21.3 Å². The van der Waals surface area contributed by atoms with Crippen LogP contribution < -0.4 is 5.32 Å². The fourth-order valence-electron chi connectivity index (χ4n) is 2.33. The highest BCUT2D eigenvalue weighted by molar-refractivity contribution is 5.17. The van der Waals surface area contributed by atoms with E-state index in [1.165, 1.54) is 18.9 Å². The zero-order valence-corrected chi connectivity index (χ0v) is 12.4. The molecular formula is C17H26FNO. The number of nitrogens with one attached hydrogen (secondary N) is 1. The van der Waals surface area contributed by atoms with Gasteiger partial charge in [0.25, 0.3) is 0 Å². The van der Waals surface area contributed by atoms with Crippen molar-refractivity contribution >= 4 is 0 Å². The summed E-state index contributed by atoms with van der Waals surface area (Å²) in [4.78, 5) is 0. The van der Waals surface area contributed by atoms with Gasteiger partial charge in [-0.3, -0.25) is 0 Å². The average molecular weight is 279 g/mol. The van der Waals surface area contributed by atoms with Gasteiger partial charge in [0.1, 0.15) is 5.82 Å². The van der Waals surface area contributed by atoms with Crippen LogP contribution >= 0.6 is 0 Å². The van der Waals surface area contributed by atoms with Gasteiger partial charge in [0.2, 0.25) is 0 Å². The van der Waals surface area contributed by atoms with Gasteiger partial charge in [-0.15, -0.1) is 0 Å². The second-order valence-corrected chi connectivity index (χ2v) is 5.85. The van der Waals surface area contributed by atoms with Gasteiger partial charge in [0, 0.05) is 13.2 Å². The molecule has 0 heterocycles. The van der Waals surface area contributed by atoms with Gasteiger partial charge in [0.15, 0.2) is 0 Å². The third-order valence-corrected chi connectivity index (χ3v) is 3.73. The number of rotatable bonds is 10. The summed E-state index contributed by atoms with van der Waals surface area (Å²) in [6, 6.07) is 7.06. The van der Waals surface area contributed by atoms with Crippen molar-refractivity contribution in [2.24, 2.45) is 11.8 Å².